The second-order valence-electron chi connectivity index (χ2n) is 9.70. The molecule has 1 aromatic heterocycles. The van der Waals surface area contributed by atoms with Crippen LogP contribution in [0.15, 0.2) is 41.5 Å². The Labute approximate surface area is 208 Å². The molecule has 1 N–H and O–H groups in total. The number of piperidine rings is 1. The number of anilines is 2. The second kappa shape index (κ2) is 10.0. The summed E-state index contributed by atoms with van der Waals surface area (Å²) < 4.78 is 32.2. The van der Waals surface area contributed by atoms with Gasteiger partial charge in [-0.15, -0.1) is 0 Å². The molecule has 192 valence electrons. The molecule has 0 bridgehead atoms. The minimum Gasteiger partial charge on any atom is -0.497 e. The lowest BCUT2D eigenvalue weighted by Crippen LogP contribution is -2.43. The summed E-state index contributed by atoms with van der Waals surface area (Å²) in [5.41, 5.74) is 0.467. The SMILES string of the molecule is COc1cc(Nc2ccc3ncn(C4CCN(C(=O)OC(C)(C)C)CC4)c(=O)c3c2)c(F)c(OC)c1. The maximum Gasteiger partial charge on any atom is 0.410 e. The van der Waals surface area contributed by atoms with Gasteiger partial charge in [-0.1, -0.05) is 0 Å². The van der Waals surface area contributed by atoms with Crippen molar-refractivity contribution in [1.82, 2.24) is 14.5 Å². The van der Waals surface area contributed by atoms with E-state index in [4.69, 9.17) is 14.2 Å². The Morgan fingerprint density at radius 2 is 1.83 bits per heavy atom. The first-order chi connectivity index (χ1) is 17.1. The van der Waals surface area contributed by atoms with Crippen molar-refractivity contribution in [3.05, 3.63) is 52.8 Å². The second-order valence-corrected chi connectivity index (χ2v) is 9.70. The van der Waals surface area contributed by atoms with E-state index >= 15 is 0 Å². The Kier molecular flexibility index (Phi) is 7.05. The van der Waals surface area contributed by atoms with Gasteiger partial charge in [0, 0.05) is 37.0 Å². The number of methoxy groups -OCH3 is 2. The van der Waals surface area contributed by atoms with Crippen LogP contribution in [0.25, 0.3) is 10.9 Å². The number of carbonyl (C=O) groups is 1. The number of fused-ring (bicyclic) bond motifs is 1. The summed E-state index contributed by atoms with van der Waals surface area (Å²) in [4.78, 5) is 31.9. The average Bonchev–Trinajstić information content (AvgIpc) is 2.85. The zero-order valence-corrected chi connectivity index (χ0v) is 21.1. The van der Waals surface area contributed by atoms with Gasteiger partial charge in [0.1, 0.15) is 11.4 Å². The van der Waals surface area contributed by atoms with Crippen LogP contribution in [0.2, 0.25) is 0 Å². The van der Waals surface area contributed by atoms with Crippen LogP contribution >= 0.6 is 0 Å². The third-order valence-electron chi connectivity index (χ3n) is 6.04. The number of ether oxygens (including phenoxy) is 3. The van der Waals surface area contributed by atoms with E-state index in [9.17, 15) is 14.0 Å². The molecule has 9 nitrogen and oxygen atoms in total. The monoisotopic (exact) mass is 498 g/mol. The van der Waals surface area contributed by atoms with Gasteiger partial charge in [0.2, 0.25) is 0 Å². The zero-order chi connectivity index (χ0) is 26.0. The summed E-state index contributed by atoms with van der Waals surface area (Å²) in [6.07, 6.45) is 2.43. The van der Waals surface area contributed by atoms with Crippen LogP contribution in [-0.4, -0.2) is 53.5 Å². The highest BCUT2D eigenvalue weighted by atomic mass is 19.1. The van der Waals surface area contributed by atoms with Crippen molar-refractivity contribution in [2.24, 2.45) is 0 Å². The number of benzene rings is 2. The van der Waals surface area contributed by atoms with Gasteiger partial charge in [0.25, 0.3) is 5.56 Å². The van der Waals surface area contributed by atoms with Crippen molar-refractivity contribution in [2.45, 2.75) is 45.3 Å². The van der Waals surface area contributed by atoms with E-state index in [1.165, 1.54) is 26.4 Å². The van der Waals surface area contributed by atoms with Crippen LogP contribution in [0.5, 0.6) is 11.5 Å². The molecule has 1 fully saturated rings. The molecule has 0 spiro atoms. The molecule has 2 heterocycles. The maximum absolute atomic E-state index is 14.8. The summed E-state index contributed by atoms with van der Waals surface area (Å²) in [6.45, 7) is 6.48. The number of hydrogen-bond acceptors (Lipinski definition) is 7. The largest absolute Gasteiger partial charge is 0.497 e. The van der Waals surface area contributed by atoms with Gasteiger partial charge in [0.15, 0.2) is 11.6 Å². The van der Waals surface area contributed by atoms with Gasteiger partial charge in [0.05, 0.1) is 37.1 Å². The highest BCUT2D eigenvalue weighted by Gasteiger charge is 2.28. The molecule has 36 heavy (non-hydrogen) atoms. The Bertz CT molecular complexity index is 1330. The molecule has 0 radical (unpaired) electrons. The lowest BCUT2D eigenvalue weighted by atomic mass is 10.0. The number of halogens is 1. The number of nitrogens with one attached hydrogen (secondary N) is 1. The minimum atomic E-state index is -0.571. The lowest BCUT2D eigenvalue weighted by molar-refractivity contribution is 0.0187. The van der Waals surface area contributed by atoms with E-state index in [0.29, 0.717) is 48.3 Å². The van der Waals surface area contributed by atoms with E-state index in [-0.39, 0.29) is 29.1 Å². The Hall–Kier alpha value is -3.82. The number of aromatic nitrogens is 2. The quantitative estimate of drug-likeness (QED) is 0.536. The summed E-state index contributed by atoms with van der Waals surface area (Å²) >= 11 is 0. The normalized spacial score (nSPS) is 14.6. The van der Waals surface area contributed by atoms with Crippen molar-refractivity contribution < 1.29 is 23.4 Å². The number of amides is 1. The van der Waals surface area contributed by atoms with Gasteiger partial charge in [-0.05, 0) is 51.8 Å². The first kappa shape index (κ1) is 25.3. The average molecular weight is 499 g/mol. The molecule has 0 saturated carbocycles. The van der Waals surface area contributed by atoms with E-state index < -0.39 is 11.4 Å². The fourth-order valence-electron chi connectivity index (χ4n) is 4.21. The minimum absolute atomic E-state index is 0.0411. The van der Waals surface area contributed by atoms with Crippen LogP contribution in [0.1, 0.15) is 39.7 Å². The Morgan fingerprint density at radius 3 is 2.47 bits per heavy atom. The number of carbonyl (C=O) groups excluding carboxylic acids is 1. The third kappa shape index (κ3) is 5.37. The van der Waals surface area contributed by atoms with Gasteiger partial charge in [-0.2, -0.15) is 0 Å². The number of hydrogen-bond donors (Lipinski definition) is 1. The maximum atomic E-state index is 14.8. The molecular weight excluding hydrogens is 467 g/mol. The molecule has 2 aromatic carbocycles. The van der Waals surface area contributed by atoms with Crippen molar-refractivity contribution in [3.63, 3.8) is 0 Å². The highest BCUT2D eigenvalue weighted by Crippen LogP contribution is 2.33. The first-order valence-corrected chi connectivity index (χ1v) is 11.8. The summed E-state index contributed by atoms with van der Waals surface area (Å²) in [5, 5.41) is 3.42. The summed E-state index contributed by atoms with van der Waals surface area (Å²) in [6, 6.07) is 7.97. The Balaban J connectivity index is 1.56. The summed E-state index contributed by atoms with van der Waals surface area (Å²) in [7, 11) is 2.86. The van der Waals surface area contributed by atoms with Crippen molar-refractivity contribution in [1.29, 1.82) is 0 Å². The van der Waals surface area contributed by atoms with E-state index in [1.54, 1.807) is 34.0 Å². The van der Waals surface area contributed by atoms with Crippen LogP contribution in [0, 0.1) is 5.82 Å². The molecular formula is C26H31FN4O5. The fourth-order valence-corrected chi connectivity index (χ4v) is 4.21. The smallest absolute Gasteiger partial charge is 0.410 e. The molecule has 0 aliphatic carbocycles. The molecule has 10 heteroatoms. The van der Waals surface area contributed by atoms with E-state index in [1.807, 2.05) is 20.8 Å². The van der Waals surface area contributed by atoms with Gasteiger partial charge in [-0.3, -0.25) is 9.36 Å². The topological polar surface area (TPSA) is 94.9 Å². The van der Waals surface area contributed by atoms with Crippen molar-refractivity contribution >= 4 is 28.4 Å². The fraction of sp³-hybridized carbons (Fsp3) is 0.423. The van der Waals surface area contributed by atoms with Crippen molar-refractivity contribution in [3.8, 4) is 11.5 Å². The van der Waals surface area contributed by atoms with Gasteiger partial charge < -0.3 is 24.4 Å². The standard InChI is InChI=1S/C26H31FN4O5/c1-26(2,3)36-25(33)30-10-8-17(9-11-30)31-15-28-20-7-6-16(12-19(20)24(31)32)29-21-13-18(34-4)14-22(35-5)23(21)27/h6-7,12-15,17,29H,8-11H2,1-5H3. The molecule has 3 aromatic rings. The lowest BCUT2D eigenvalue weighted by Gasteiger charge is -2.34. The molecule has 0 atom stereocenters. The van der Waals surface area contributed by atoms with Crippen LogP contribution in [0.3, 0.4) is 0 Å². The zero-order valence-electron chi connectivity index (χ0n) is 21.1. The molecule has 1 aliphatic heterocycles. The predicted molar refractivity (Wildman–Crippen MR) is 135 cm³/mol. The molecule has 4 rings (SSSR count). The van der Waals surface area contributed by atoms with Crippen LogP contribution in [0.4, 0.5) is 20.6 Å². The van der Waals surface area contributed by atoms with Gasteiger partial charge in [-0.25, -0.2) is 14.2 Å². The summed E-state index contributed by atoms with van der Waals surface area (Å²) in [5.74, 6) is -0.101. The van der Waals surface area contributed by atoms with Crippen LogP contribution < -0.4 is 20.3 Å². The molecule has 0 unspecified atom stereocenters. The number of rotatable bonds is 5. The molecule has 1 amide bonds. The van der Waals surface area contributed by atoms with E-state index in [2.05, 4.69) is 10.3 Å². The number of likely N-dealkylation sites (tertiary alicyclic amines) is 1. The predicted octanol–water partition coefficient (Wildman–Crippen LogP) is 4.87. The van der Waals surface area contributed by atoms with Gasteiger partial charge >= 0.3 is 6.09 Å². The van der Waals surface area contributed by atoms with Crippen LogP contribution in [-0.2, 0) is 4.74 Å². The molecule has 1 saturated heterocycles. The van der Waals surface area contributed by atoms with E-state index in [0.717, 1.165) is 0 Å². The first-order valence-electron chi connectivity index (χ1n) is 11.8. The third-order valence-corrected chi connectivity index (χ3v) is 6.04. The number of nitrogens with zero attached hydrogens (tertiary/aromatic N) is 3. The highest BCUT2D eigenvalue weighted by molar-refractivity contribution is 5.82. The Morgan fingerprint density at radius 1 is 1.11 bits per heavy atom. The van der Waals surface area contributed by atoms with Crippen molar-refractivity contribution in [2.75, 3.05) is 32.6 Å². The molecule has 1 aliphatic rings.